The maximum absolute atomic E-state index is 9.16. The highest BCUT2D eigenvalue weighted by Crippen LogP contribution is 2.49. The Morgan fingerprint density at radius 1 is 1.28 bits per heavy atom. The monoisotopic (exact) mass is 240 g/mol. The first-order valence-electron chi connectivity index (χ1n) is 7.03. The third-order valence-electron chi connectivity index (χ3n) is 4.36. The van der Waals surface area contributed by atoms with Crippen LogP contribution in [0.25, 0.3) is 0 Å². The van der Waals surface area contributed by atoms with Crippen molar-refractivity contribution in [1.29, 1.82) is 5.26 Å². The standard InChI is InChI=1S/C16H20N2/c1-11-3-2-4-14(9-17)16(11)18-10-15(12-5-6-12)13-7-8-13/h2-4,12-13,15,18H,5-8,10H2,1H3. The largest absolute Gasteiger partial charge is 0.383 e. The van der Waals surface area contributed by atoms with Crippen LogP contribution in [0.1, 0.15) is 36.8 Å². The van der Waals surface area contributed by atoms with Crippen molar-refractivity contribution >= 4 is 5.69 Å². The summed E-state index contributed by atoms with van der Waals surface area (Å²) >= 11 is 0. The minimum atomic E-state index is 0.778. The van der Waals surface area contributed by atoms with Crippen LogP contribution in [0.4, 0.5) is 5.69 Å². The van der Waals surface area contributed by atoms with Crippen LogP contribution in [0, 0.1) is 36.0 Å². The normalized spacial score (nSPS) is 18.7. The predicted octanol–water partition coefficient (Wildman–Crippen LogP) is 3.71. The van der Waals surface area contributed by atoms with Gasteiger partial charge < -0.3 is 5.32 Å². The molecular formula is C16H20N2. The number of nitriles is 1. The summed E-state index contributed by atoms with van der Waals surface area (Å²) in [5.41, 5.74) is 3.01. The molecule has 18 heavy (non-hydrogen) atoms. The van der Waals surface area contributed by atoms with Gasteiger partial charge in [0.25, 0.3) is 0 Å². The Kier molecular flexibility index (Phi) is 2.99. The second kappa shape index (κ2) is 4.65. The van der Waals surface area contributed by atoms with Crippen LogP contribution in [0.5, 0.6) is 0 Å². The maximum atomic E-state index is 9.16. The quantitative estimate of drug-likeness (QED) is 0.851. The van der Waals surface area contributed by atoms with Crippen molar-refractivity contribution in [3.63, 3.8) is 0 Å². The van der Waals surface area contributed by atoms with Crippen LogP contribution in [0.3, 0.4) is 0 Å². The first-order valence-corrected chi connectivity index (χ1v) is 7.03. The van der Waals surface area contributed by atoms with Crippen molar-refractivity contribution in [2.75, 3.05) is 11.9 Å². The smallest absolute Gasteiger partial charge is 0.101 e. The van der Waals surface area contributed by atoms with Crippen molar-refractivity contribution in [2.45, 2.75) is 32.6 Å². The number of aryl methyl sites for hydroxylation is 1. The molecule has 0 heterocycles. The predicted molar refractivity (Wildman–Crippen MR) is 73.3 cm³/mol. The second-order valence-corrected chi connectivity index (χ2v) is 5.83. The van der Waals surface area contributed by atoms with E-state index in [4.69, 9.17) is 5.26 Å². The molecule has 2 heteroatoms. The lowest BCUT2D eigenvalue weighted by Crippen LogP contribution is -2.19. The summed E-state index contributed by atoms with van der Waals surface area (Å²) in [7, 11) is 0. The molecule has 2 saturated carbocycles. The Bertz CT molecular complexity index is 466. The van der Waals surface area contributed by atoms with Crippen LogP contribution >= 0.6 is 0 Å². The van der Waals surface area contributed by atoms with Gasteiger partial charge in [0.05, 0.1) is 11.3 Å². The third kappa shape index (κ3) is 2.36. The summed E-state index contributed by atoms with van der Waals surface area (Å²) in [6.45, 7) is 3.13. The molecule has 1 aromatic carbocycles. The van der Waals surface area contributed by atoms with Crippen molar-refractivity contribution in [3.05, 3.63) is 29.3 Å². The SMILES string of the molecule is Cc1cccc(C#N)c1NCC(C1CC1)C1CC1. The Morgan fingerprint density at radius 2 is 1.94 bits per heavy atom. The van der Waals surface area contributed by atoms with E-state index in [-0.39, 0.29) is 0 Å². The van der Waals surface area contributed by atoms with Gasteiger partial charge >= 0.3 is 0 Å². The summed E-state index contributed by atoms with van der Waals surface area (Å²) in [4.78, 5) is 0. The number of rotatable bonds is 5. The molecule has 0 bridgehead atoms. The molecule has 3 rings (SSSR count). The van der Waals surface area contributed by atoms with Gasteiger partial charge in [0, 0.05) is 6.54 Å². The van der Waals surface area contributed by atoms with Gasteiger partial charge in [-0.15, -0.1) is 0 Å². The molecule has 0 spiro atoms. The number of hydrogen-bond acceptors (Lipinski definition) is 2. The zero-order chi connectivity index (χ0) is 12.5. The van der Waals surface area contributed by atoms with Gasteiger partial charge in [-0.3, -0.25) is 0 Å². The van der Waals surface area contributed by atoms with Crippen molar-refractivity contribution in [2.24, 2.45) is 17.8 Å². The van der Waals surface area contributed by atoms with Crippen LogP contribution in [-0.2, 0) is 0 Å². The molecule has 0 atom stereocenters. The number of hydrogen-bond donors (Lipinski definition) is 1. The van der Waals surface area contributed by atoms with Gasteiger partial charge in [-0.25, -0.2) is 0 Å². The van der Waals surface area contributed by atoms with E-state index in [0.717, 1.165) is 35.5 Å². The van der Waals surface area contributed by atoms with Gasteiger partial charge in [-0.05, 0) is 62.0 Å². The van der Waals surface area contributed by atoms with E-state index in [1.807, 2.05) is 12.1 Å². The van der Waals surface area contributed by atoms with E-state index in [9.17, 15) is 0 Å². The minimum Gasteiger partial charge on any atom is -0.383 e. The summed E-state index contributed by atoms with van der Waals surface area (Å²) in [6.07, 6.45) is 5.67. The molecule has 0 amide bonds. The van der Waals surface area contributed by atoms with Gasteiger partial charge in [0.15, 0.2) is 0 Å². The van der Waals surface area contributed by atoms with E-state index in [1.165, 1.54) is 31.2 Å². The summed E-state index contributed by atoms with van der Waals surface area (Å²) in [6, 6.07) is 8.22. The molecule has 0 radical (unpaired) electrons. The second-order valence-electron chi connectivity index (χ2n) is 5.83. The zero-order valence-electron chi connectivity index (χ0n) is 10.9. The van der Waals surface area contributed by atoms with Crippen molar-refractivity contribution in [1.82, 2.24) is 0 Å². The number of anilines is 1. The highest BCUT2D eigenvalue weighted by molar-refractivity contribution is 5.62. The first kappa shape index (κ1) is 11.6. The molecule has 1 N–H and O–H groups in total. The van der Waals surface area contributed by atoms with Gasteiger partial charge in [0.1, 0.15) is 6.07 Å². The lowest BCUT2D eigenvalue weighted by molar-refractivity contribution is 0.428. The average molecular weight is 240 g/mol. The molecule has 2 fully saturated rings. The van der Waals surface area contributed by atoms with Crippen molar-refractivity contribution in [3.8, 4) is 6.07 Å². The Labute approximate surface area is 109 Å². The molecule has 2 aliphatic rings. The van der Waals surface area contributed by atoms with E-state index in [1.54, 1.807) is 0 Å². The molecule has 0 saturated heterocycles. The topological polar surface area (TPSA) is 35.8 Å². The lowest BCUT2D eigenvalue weighted by atomic mass is 9.97. The van der Waals surface area contributed by atoms with Crippen LogP contribution in [0.2, 0.25) is 0 Å². The average Bonchev–Trinajstić information content (AvgIpc) is 3.25. The molecule has 2 aliphatic carbocycles. The lowest BCUT2D eigenvalue weighted by Gasteiger charge is -2.19. The fraction of sp³-hybridized carbons (Fsp3) is 0.562. The number of nitrogens with one attached hydrogen (secondary N) is 1. The Hall–Kier alpha value is -1.49. The fourth-order valence-corrected chi connectivity index (χ4v) is 2.98. The van der Waals surface area contributed by atoms with E-state index in [2.05, 4.69) is 24.4 Å². The fourth-order valence-electron chi connectivity index (χ4n) is 2.98. The zero-order valence-corrected chi connectivity index (χ0v) is 10.9. The van der Waals surface area contributed by atoms with E-state index in [0.29, 0.717) is 0 Å². The van der Waals surface area contributed by atoms with Crippen LogP contribution in [-0.4, -0.2) is 6.54 Å². The molecule has 0 unspecified atom stereocenters. The molecule has 0 aliphatic heterocycles. The van der Waals surface area contributed by atoms with E-state index < -0.39 is 0 Å². The molecule has 2 nitrogen and oxygen atoms in total. The first-order chi connectivity index (χ1) is 8.79. The maximum Gasteiger partial charge on any atom is 0.101 e. The van der Waals surface area contributed by atoms with E-state index >= 15 is 0 Å². The summed E-state index contributed by atoms with van der Waals surface area (Å²) in [5.74, 6) is 2.76. The molecular weight excluding hydrogens is 220 g/mol. The molecule has 1 aromatic rings. The third-order valence-corrected chi connectivity index (χ3v) is 4.36. The van der Waals surface area contributed by atoms with Gasteiger partial charge in [-0.2, -0.15) is 5.26 Å². The Balaban J connectivity index is 1.70. The highest BCUT2D eigenvalue weighted by atomic mass is 14.9. The Morgan fingerprint density at radius 3 is 2.50 bits per heavy atom. The van der Waals surface area contributed by atoms with Crippen molar-refractivity contribution < 1.29 is 0 Å². The molecule has 0 aromatic heterocycles. The number of para-hydroxylation sites is 1. The van der Waals surface area contributed by atoms with Crippen LogP contribution in [0.15, 0.2) is 18.2 Å². The highest BCUT2D eigenvalue weighted by Gasteiger charge is 2.41. The summed E-state index contributed by atoms with van der Waals surface area (Å²) < 4.78 is 0. The van der Waals surface area contributed by atoms with Crippen LogP contribution < -0.4 is 5.32 Å². The number of benzene rings is 1. The number of nitrogens with zero attached hydrogens (tertiary/aromatic N) is 1. The molecule has 94 valence electrons. The van der Waals surface area contributed by atoms with Gasteiger partial charge in [0.2, 0.25) is 0 Å². The minimum absolute atomic E-state index is 0.778. The summed E-state index contributed by atoms with van der Waals surface area (Å²) in [5, 5.41) is 12.7. The van der Waals surface area contributed by atoms with Gasteiger partial charge in [-0.1, -0.05) is 12.1 Å².